The molecule has 110 valence electrons. The Morgan fingerprint density at radius 3 is 2.86 bits per heavy atom. The van der Waals surface area contributed by atoms with E-state index in [0.717, 1.165) is 0 Å². The molecule has 0 unspecified atom stereocenters. The average Bonchev–Trinajstić information content (AvgIpc) is 2.53. The summed E-state index contributed by atoms with van der Waals surface area (Å²) >= 11 is 5.81. The average molecular weight is 316 g/mol. The number of rotatable bonds is 4. The van der Waals surface area contributed by atoms with Gasteiger partial charge in [0.2, 0.25) is 0 Å². The van der Waals surface area contributed by atoms with Crippen molar-refractivity contribution in [2.24, 2.45) is 0 Å². The van der Waals surface area contributed by atoms with Gasteiger partial charge < -0.3 is 10.1 Å². The number of hydrogen-bond acceptors (Lipinski definition) is 5. The van der Waals surface area contributed by atoms with E-state index in [0.29, 0.717) is 5.02 Å². The van der Waals surface area contributed by atoms with Crippen molar-refractivity contribution in [2.75, 3.05) is 11.9 Å². The first-order valence-electron chi connectivity index (χ1n) is 6.17. The van der Waals surface area contributed by atoms with Gasteiger partial charge >= 0.3 is 5.97 Å². The zero-order chi connectivity index (χ0) is 15.9. The van der Waals surface area contributed by atoms with Gasteiger partial charge in [-0.15, -0.1) is 0 Å². The Hall–Kier alpha value is -2.91. The van der Waals surface area contributed by atoms with Gasteiger partial charge in [-0.1, -0.05) is 11.6 Å². The molecule has 0 spiro atoms. The molecule has 0 aliphatic heterocycles. The number of esters is 1. The maximum Gasteiger partial charge on any atom is 0.340 e. The molecule has 0 saturated carbocycles. The van der Waals surface area contributed by atoms with Crippen molar-refractivity contribution in [1.82, 2.24) is 4.98 Å². The molecule has 1 amide bonds. The lowest BCUT2D eigenvalue weighted by molar-refractivity contribution is -0.119. The standard InChI is InChI=1S/C15H10ClN3O3/c16-12-4-3-10(7-17)13(6-12)19-14(20)9-22-15(21)11-2-1-5-18-8-11/h1-6,8H,9H2,(H,19,20). The molecule has 2 rings (SSSR count). The second kappa shape index (κ2) is 7.20. The molecule has 0 saturated heterocycles. The van der Waals surface area contributed by atoms with E-state index >= 15 is 0 Å². The second-order valence-corrected chi connectivity index (χ2v) is 4.60. The van der Waals surface area contributed by atoms with E-state index in [2.05, 4.69) is 10.3 Å². The fourth-order valence-electron chi connectivity index (χ4n) is 1.60. The number of carbonyl (C=O) groups excluding carboxylic acids is 2. The molecule has 6 nitrogen and oxygen atoms in total. The van der Waals surface area contributed by atoms with Gasteiger partial charge in [0.05, 0.1) is 16.8 Å². The number of aromatic nitrogens is 1. The number of pyridine rings is 1. The Bertz CT molecular complexity index is 741. The third kappa shape index (κ3) is 4.04. The molecule has 1 N–H and O–H groups in total. The van der Waals surface area contributed by atoms with Gasteiger partial charge in [0.15, 0.2) is 6.61 Å². The number of ether oxygens (including phenoxy) is 1. The summed E-state index contributed by atoms with van der Waals surface area (Å²) in [5.74, 6) is -1.23. The van der Waals surface area contributed by atoms with Gasteiger partial charge in [0.25, 0.3) is 5.91 Å². The van der Waals surface area contributed by atoms with Gasteiger partial charge in [0.1, 0.15) is 6.07 Å². The van der Waals surface area contributed by atoms with Crippen LogP contribution in [0.4, 0.5) is 5.69 Å². The summed E-state index contributed by atoms with van der Waals surface area (Å²) in [6, 6.07) is 9.51. The van der Waals surface area contributed by atoms with Crippen molar-refractivity contribution < 1.29 is 14.3 Å². The smallest absolute Gasteiger partial charge is 0.340 e. The summed E-state index contributed by atoms with van der Waals surface area (Å²) in [6.45, 7) is -0.481. The van der Waals surface area contributed by atoms with Crippen LogP contribution >= 0.6 is 11.6 Å². The van der Waals surface area contributed by atoms with Crippen LogP contribution in [0, 0.1) is 11.3 Å². The monoisotopic (exact) mass is 315 g/mol. The third-order valence-corrected chi connectivity index (χ3v) is 2.84. The second-order valence-electron chi connectivity index (χ2n) is 4.17. The maximum atomic E-state index is 11.8. The summed E-state index contributed by atoms with van der Waals surface area (Å²) < 4.78 is 4.86. The Morgan fingerprint density at radius 1 is 1.36 bits per heavy atom. The van der Waals surface area contributed by atoms with E-state index in [4.69, 9.17) is 21.6 Å². The van der Waals surface area contributed by atoms with Crippen LogP contribution < -0.4 is 5.32 Å². The third-order valence-electron chi connectivity index (χ3n) is 2.61. The number of nitrogens with zero attached hydrogens (tertiary/aromatic N) is 2. The zero-order valence-corrected chi connectivity index (χ0v) is 12.0. The lowest BCUT2D eigenvalue weighted by atomic mass is 10.2. The zero-order valence-electron chi connectivity index (χ0n) is 11.2. The number of benzene rings is 1. The Morgan fingerprint density at radius 2 is 2.18 bits per heavy atom. The summed E-state index contributed by atoms with van der Waals surface area (Å²) in [7, 11) is 0. The molecule has 0 atom stereocenters. The molecule has 0 radical (unpaired) electrons. The predicted molar refractivity (Wildman–Crippen MR) is 79.3 cm³/mol. The van der Waals surface area contributed by atoms with Crippen LogP contribution in [-0.2, 0) is 9.53 Å². The van der Waals surface area contributed by atoms with E-state index in [1.54, 1.807) is 6.07 Å². The van der Waals surface area contributed by atoms with Gasteiger partial charge in [-0.25, -0.2) is 4.79 Å². The van der Waals surface area contributed by atoms with Crippen molar-refractivity contribution in [1.29, 1.82) is 5.26 Å². The molecule has 22 heavy (non-hydrogen) atoms. The van der Waals surface area contributed by atoms with E-state index in [9.17, 15) is 9.59 Å². The van der Waals surface area contributed by atoms with E-state index in [1.165, 1.54) is 36.7 Å². The van der Waals surface area contributed by atoms with Gasteiger partial charge in [-0.3, -0.25) is 9.78 Å². The summed E-state index contributed by atoms with van der Waals surface area (Å²) in [5, 5.41) is 11.8. The summed E-state index contributed by atoms with van der Waals surface area (Å²) in [6.07, 6.45) is 2.86. The number of amides is 1. The van der Waals surface area contributed by atoms with Crippen molar-refractivity contribution in [3.63, 3.8) is 0 Å². The predicted octanol–water partition coefficient (Wildman–Crippen LogP) is 2.40. The van der Waals surface area contributed by atoms with Crippen LogP contribution in [0.3, 0.4) is 0 Å². The van der Waals surface area contributed by atoms with Crippen LogP contribution in [0.1, 0.15) is 15.9 Å². The van der Waals surface area contributed by atoms with E-state index in [1.807, 2.05) is 6.07 Å². The first-order valence-corrected chi connectivity index (χ1v) is 6.54. The lowest BCUT2D eigenvalue weighted by Gasteiger charge is -2.08. The normalized spacial score (nSPS) is 9.64. The minimum Gasteiger partial charge on any atom is -0.452 e. The summed E-state index contributed by atoms with van der Waals surface area (Å²) in [5.41, 5.74) is 0.768. The van der Waals surface area contributed by atoms with E-state index < -0.39 is 18.5 Å². The maximum absolute atomic E-state index is 11.8. The highest BCUT2D eigenvalue weighted by atomic mass is 35.5. The molecular weight excluding hydrogens is 306 g/mol. The van der Waals surface area contributed by atoms with Crippen LogP contribution in [0.5, 0.6) is 0 Å². The number of nitriles is 1. The number of anilines is 1. The fraction of sp³-hybridized carbons (Fsp3) is 0.0667. The number of carbonyl (C=O) groups is 2. The number of nitrogens with one attached hydrogen (secondary N) is 1. The molecule has 7 heteroatoms. The highest BCUT2D eigenvalue weighted by molar-refractivity contribution is 6.31. The van der Waals surface area contributed by atoms with Crippen molar-refractivity contribution in [3.8, 4) is 6.07 Å². The molecule has 0 fully saturated rings. The van der Waals surface area contributed by atoms with Gasteiger partial charge in [-0.2, -0.15) is 5.26 Å². The van der Waals surface area contributed by atoms with Crippen LogP contribution in [0.25, 0.3) is 0 Å². The van der Waals surface area contributed by atoms with Gasteiger partial charge in [0, 0.05) is 17.4 Å². The molecule has 0 aliphatic rings. The first kappa shape index (κ1) is 15.5. The van der Waals surface area contributed by atoms with Crippen LogP contribution in [-0.4, -0.2) is 23.5 Å². The lowest BCUT2D eigenvalue weighted by Crippen LogP contribution is -2.21. The number of halogens is 1. The Balaban J connectivity index is 1.95. The van der Waals surface area contributed by atoms with Crippen LogP contribution in [0.2, 0.25) is 5.02 Å². The Kier molecular flexibility index (Phi) is 5.07. The quantitative estimate of drug-likeness (QED) is 0.875. The molecule has 0 bridgehead atoms. The van der Waals surface area contributed by atoms with Crippen molar-refractivity contribution >= 4 is 29.2 Å². The molecule has 0 aliphatic carbocycles. The van der Waals surface area contributed by atoms with E-state index in [-0.39, 0.29) is 16.8 Å². The first-order chi connectivity index (χ1) is 10.6. The SMILES string of the molecule is N#Cc1ccc(Cl)cc1NC(=O)COC(=O)c1cccnc1. The van der Waals surface area contributed by atoms with Crippen LogP contribution in [0.15, 0.2) is 42.7 Å². The molecule has 2 aromatic rings. The molecule has 1 heterocycles. The highest BCUT2D eigenvalue weighted by Crippen LogP contribution is 2.20. The summed E-state index contributed by atoms with van der Waals surface area (Å²) in [4.78, 5) is 27.2. The van der Waals surface area contributed by atoms with Crippen molar-refractivity contribution in [2.45, 2.75) is 0 Å². The van der Waals surface area contributed by atoms with Crippen molar-refractivity contribution in [3.05, 3.63) is 58.9 Å². The topological polar surface area (TPSA) is 92.1 Å². The Labute approximate surface area is 131 Å². The minimum absolute atomic E-state index is 0.246. The largest absolute Gasteiger partial charge is 0.452 e. The number of hydrogen-bond donors (Lipinski definition) is 1. The highest BCUT2D eigenvalue weighted by Gasteiger charge is 2.12. The molecule has 1 aromatic heterocycles. The molecule has 1 aromatic carbocycles. The molecular formula is C15H10ClN3O3. The fourth-order valence-corrected chi connectivity index (χ4v) is 1.77. The van der Waals surface area contributed by atoms with Gasteiger partial charge in [-0.05, 0) is 30.3 Å². The minimum atomic E-state index is -0.658.